The summed E-state index contributed by atoms with van der Waals surface area (Å²) in [5.74, 6) is -0.816. The van der Waals surface area contributed by atoms with E-state index in [-0.39, 0.29) is 32.0 Å². The maximum Gasteiger partial charge on any atom is 0.404 e. The first-order valence-corrected chi connectivity index (χ1v) is 18.0. The summed E-state index contributed by atoms with van der Waals surface area (Å²) in [6, 6.07) is 25.4. The number of hydrazine groups is 1. The van der Waals surface area contributed by atoms with Crippen LogP contribution in [0.1, 0.15) is 45.6 Å². The molecule has 13 nitrogen and oxygen atoms in total. The Kier molecular flexibility index (Phi) is 15.4. The Morgan fingerprint density at radius 2 is 1.40 bits per heavy atom. The highest BCUT2D eigenvalue weighted by atomic mass is 16.7. The smallest absolute Gasteiger partial charge is 0.404 e. The Bertz CT molecular complexity index is 1820. The molecule has 2 atom stereocenters. The molecule has 0 aliphatic heterocycles. The average Bonchev–Trinajstić information content (AvgIpc) is 3.15. The highest BCUT2D eigenvalue weighted by Gasteiger charge is 2.34. The first-order chi connectivity index (χ1) is 25.5. The number of ether oxygens (including phenoxy) is 2. The molecule has 4 aromatic rings. The van der Waals surface area contributed by atoms with Crippen molar-refractivity contribution in [2.24, 2.45) is 0 Å². The molecule has 4 N–H and O–H groups in total. The molecule has 13 heteroatoms. The Morgan fingerprint density at radius 1 is 0.792 bits per heavy atom. The lowest BCUT2D eigenvalue weighted by Gasteiger charge is -2.37. The molecule has 0 heterocycles. The zero-order chi connectivity index (χ0) is 38.3. The largest absolute Gasteiger partial charge is 0.465 e. The Morgan fingerprint density at radius 3 is 2.06 bits per heavy atom. The molecule has 0 bridgehead atoms. The number of carbonyl (C=O) groups is 4. The summed E-state index contributed by atoms with van der Waals surface area (Å²) in [6.07, 6.45) is -0.688. The van der Waals surface area contributed by atoms with Gasteiger partial charge in [-0.2, -0.15) is 0 Å². The number of unbranched alkanes of at least 4 members (excludes halogenated alkanes) is 1. The second kappa shape index (κ2) is 20.1. The number of fused-ring (bicyclic) bond motifs is 2. The molecule has 0 spiro atoms. The Balaban J connectivity index is 1.54. The van der Waals surface area contributed by atoms with Crippen molar-refractivity contribution < 1.29 is 33.8 Å². The molecule has 0 saturated heterocycles. The van der Waals surface area contributed by atoms with Crippen molar-refractivity contribution in [3.05, 3.63) is 90.5 Å². The van der Waals surface area contributed by atoms with Gasteiger partial charge >= 0.3 is 12.1 Å². The van der Waals surface area contributed by atoms with Gasteiger partial charge in [0.15, 0.2) is 6.29 Å². The molecule has 0 aliphatic carbocycles. The molecule has 53 heavy (non-hydrogen) atoms. The number of likely N-dealkylation sites (N-methyl/N-ethyl adjacent to an activating group) is 1. The predicted molar refractivity (Wildman–Crippen MR) is 206 cm³/mol. The normalized spacial score (nSPS) is 12.4. The maximum absolute atomic E-state index is 14.7. The van der Waals surface area contributed by atoms with Gasteiger partial charge in [-0.25, -0.2) is 14.6 Å². The third kappa shape index (κ3) is 11.4. The first kappa shape index (κ1) is 40.5. The van der Waals surface area contributed by atoms with Crippen molar-refractivity contribution >= 4 is 51.2 Å². The number of hydrogen-bond donors (Lipinski definition) is 4. The molecule has 5 amide bonds. The number of rotatable bonds is 19. The van der Waals surface area contributed by atoms with E-state index in [1.807, 2.05) is 106 Å². The van der Waals surface area contributed by atoms with Crippen LogP contribution in [0.4, 0.5) is 15.3 Å². The summed E-state index contributed by atoms with van der Waals surface area (Å²) >= 11 is 0. The van der Waals surface area contributed by atoms with E-state index in [0.29, 0.717) is 31.7 Å². The second-order valence-corrected chi connectivity index (χ2v) is 12.8. The van der Waals surface area contributed by atoms with E-state index in [0.717, 1.165) is 27.1 Å². The van der Waals surface area contributed by atoms with Gasteiger partial charge in [0.05, 0.1) is 18.3 Å². The molecule has 4 aromatic carbocycles. The number of amides is 5. The van der Waals surface area contributed by atoms with E-state index in [9.17, 15) is 19.2 Å². The van der Waals surface area contributed by atoms with Crippen LogP contribution in [0.3, 0.4) is 0 Å². The zero-order valence-electron chi connectivity index (χ0n) is 31.2. The highest BCUT2D eigenvalue weighted by molar-refractivity contribution is 6.02. The maximum atomic E-state index is 14.7. The SMILES string of the molecule is CCOC(OCC)[C@H](C)N(Cc1cccc2ccccc12)C(=O)[C@H](CCCCNC(=O)O)NC(=O)CN(C)NC(=O)N(C)c1cccc2ccccc12. The number of benzene rings is 4. The van der Waals surface area contributed by atoms with Gasteiger partial charge in [0.1, 0.15) is 6.04 Å². The summed E-state index contributed by atoms with van der Waals surface area (Å²) in [4.78, 5) is 55.7. The molecule has 0 radical (unpaired) electrons. The van der Waals surface area contributed by atoms with Crippen molar-refractivity contribution in [3.63, 3.8) is 0 Å². The monoisotopic (exact) mass is 728 g/mol. The molecule has 284 valence electrons. The fourth-order valence-corrected chi connectivity index (χ4v) is 6.31. The number of anilines is 1. The minimum Gasteiger partial charge on any atom is -0.465 e. The quantitative estimate of drug-likeness (QED) is 0.0544. The van der Waals surface area contributed by atoms with Crippen molar-refractivity contribution in [2.45, 2.75) is 65.0 Å². The van der Waals surface area contributed by atoms with E-state index < -0.39 is 36.4 Å². The van der Waals surface area contributed by atoms with Gasteiger partial charge in [0, 0.05) is 45.8 Å². The molecule has 0 fully saturated rings. The summed E-state index contributed by atoms with van der Waals surface area (Å²) in [5.41, 5.74) is 4.38. The average molecular weight is 729 g/mol. The Hall–Kier alpha value is -5.24. The van der Waals surface area contributed by atoms with Gasteiger partial charge < -0.3 is 30.1 Å². The number of carbonyl (C=O) groups excluding carboxylic acids is 3. The van der Waals surface area contributed by atoms with Crippen LogP contribution in [0.2, 0.25) is 0 Å². The van der Waals surface area contributed by atoms with E-state index in [2.05, 4.69) is 16.1 Å². The highest BCUT2D eigenvalue weighted by Crippen LogP contribution is 2.26. The van der Waals surface area contributed by atoms with E-state index in [1.165, 1.54) is 9.91 Å². The molecular weight excluding hydrogens is 676 g/mol. The molecule has 4 rings (SSSR count). The second-order valence-electron chi connectivity index (χ2n) is 12.8. The fraction of sp³-hybridized carbons (Fsp3) is 0.400. The number of hydrogen-bond acceptors (Lipinski definition) is 7. The van der Waals surface area contributed by atoms with Crippen LogP contribution >= 0.6 is 0 Å². The molecule has 0 aliphatic rings. The summed E-state index contributed by atoms with van der Waals surface area (Å²) < 4.78 is 11.9. The third-order valence-corrected chi connectivity index (χ3v) is 8.98. The minimum absolute atomic E-state index is 0.204. The van der Waals surface area contributed by atoms with E-state index in [1.54, 1.807) is 19.0 Å². The van der Waals surface area contributed by atoms with Crippen molar-refractivity contribution in [1.82, 2.24) is 26.0 Å². The summed E-state index contributed by atoms with van der Waals surface area (Å²) in [6.45, 7) is 6.52. The van der Waals surface area contributed by atoms with Crippen molar-refractivity contribution in [2.75, 3.05) is 45.3 Å². The van der Waals surface area contributed by atoms with Crippen LogP contribution in [0, 0.1) is 0 Å². The van der Waals surface area contributed by atoms with Crippen LogP contribution in [0.15, 0.2) is 84.9 Å². The number of urea groups is 1. The van der Waals surface area contributed by atoms with Gasteiger partial charge in [0.25, 0.3) is 0 Å². The van der Waals surface area contributed by atoms with Gasteiger partial charge in [-0.15, -0.1) is 0 Å². The lowest BCUT2D eigenvalue weighted by molar-refractivity contribution is -0.179. The van der Waals surface area contributed by atoms with E-state index >= 15 is 0 Å². The van der Waals surface area contributed by atoms with Crippen LogP contribution < -0.4 is 21.0 Å². The topological polar surface area (TPSA) is 153 Å². The first-order valence-electron chi connectivity index (χ1n) is 18.0. The number of carboxylic acid groups (broad SMARTS) is 1. The minimum atomic E-state index is -1.13. The molecule has 0 saturated carbocycles. The van der Waals surface area contributed by atoms with Crippen molar-refractivity contribution in [3.8, 4) is 0 Å². The molecule has 0 aromatic heterocycles. The van der Waals surface area contributed by atoms with Crippen LogP contribution in [0.5, 0.6) is 0 Å². The molecule has 0 unspecified atom stereocenters. The summed E-state index contributed by atoms with van der Waals surface area (Å²) in [7, 11) is 3.23. The van der Waals surface area contributed by atoms with Crippen molar-refractivity contribution in [1.29, 1.82) is 0 Å². The van der Waals surface area contributed by atoms with E-state index in [4.69, 9.17) is 14.6 Å². The number of nitrogens with one attached hydrogen (secondary N) is 3. The van der Waals surface area contributed by atoms with Gasteiger partial charge in [-0.3, -0.25) is 19.9 Å². The fourth-order valence-electron chi connectivity index (χ4n) is 6.31. The van der Waals surface area contributed by atoms with Crippen LogP contribution in [0.25, 0.3) is 21.5 Å². The summed E-state index contributed by atoms with van der Waals surface area (Å²) in [5, 5.41) is 19.6. The lowest BCUT2D eigenvalue weighted by Crippen LogP contribution is -2.56. The predicted octanol–water partition coefficient (Wildman–Crippen LogP) is 5.72. The number of nitrogens with zero attached hydrogens (tertiary/aromatic N) is 3. The standard InChI is InChI=1S/C40H52N6O7/c1-6-52-38(53-7-2)28(3)46(26-31-20-14-18-29-16-8-10-21-32(29)31)37(48)34(23-12-13-25-41-40(50)51)42-36(47)27-44(4)43-39(49)45(5)35-24-15-19-30-17-9-11-22-33(30)35/h8-11,14-22,24,28,34,38,41H,6-7,12-13,23,25-27H2,1-5H3,(H,42,47)(H,43,49)(H,50,51)/t28-,34-/m0/s1. The lowest BCUT2D eigenvalue weighted by atomic mass is 10.0. The van der Waals surface area contributed by atoms with Gasteiger partial charge in [-0.05, 0) is 67.8 Å². The third-order valence-electron chi connectivity index (χ3n) is 8.98. The Labute approximate surface area is 311 Å². The zero-order valence-corrected chi connectivity index (χ0v) is 31.2. The van der Waals surface area contributed by atoms with Gasteiger partial charge in [-0.1, -0.05) is 78.9 Å². The molecular formula is C40H52N6O7. The van der Waals surface area contributed by atoms with Crippen LogP contribution in [-0.2, 0) is 25.6 Å². The van der Waals surface area contributed by atoms with Gasteiger partial charge in [0.2, 0.25) is 11.8 Å². The van der Waals surface area contributed by atoms with Crippen LogP contribution in [-0.4, -0.2) is 97.7 Å².